The van der Waals surface area contributed by atoms with Crippen molar-refractivity contribution >= 4 is 66.3 Å². The normalized spacial score (nSPS) is 10.8. The Hall–Kier alpha value is -5.74. The van der Waals surface area contributed by atoms with Gasteiger partial charge >= 0.3 is 12.1 Å². The maximum absolute atomic E-state index is 12.8. The third kappa shape index (κ3) is 14.0. The van der Waals surface area contributed by atoms with Crippen LogP contribution in [0.2, 0.25) is 0 Å². The Bertz CT molecular complexity index is 2160. The molecule has 0 radical (unpaired) electrons. The molecule has 3 aromatic rings. The number of hydrogen-bond donors (Lipinski definition) is 4. The topological polar surface area (TPSA) is 226 Å². The zero-order valence-electron chi connectivity index (χ0n) is 34.7. The lowest BCUT2D eigenvalue weighted by Gasteiger charge is -2.24. The lowest BCUT2D eigenvalue weighted by atomic mass is 10.1. The van der Waals surface area contributed by atoms with Crippen LogP contribution in [0.4, 0.5) is 38.0 Å². The summed E-state index contributed by atoms with van der Waals surface area (Å²) >= 11 is 0. The minimum absolute atomic E-state index is 0.104. The third-order valence-electron chi connectivity index (χ3n) is 8.67. The zero-order valence-corrected chi connectivity index (χ0v) is 36.4. The van der Waals surface area contributed by atoms with Gasteiger partial charge in [-0.2, -0.15) is 5.26 Å². The van der Waals surface area contributed by atoms with Gasteiger partial charge in [0.15, 0.2) is 9.84 Å². The molecular formula is C39H55N7O10S2. The summed E-state index contributed by atoms with van der Waals surface area (Å²) < 4.78 is 65.6. The molecule has 3 rings (SSSR count). The number of ether oxygens (including phenoxy) is 3. The second-order valence-electron chi connectivity index (χ2n) is 12.8. The number of sulfonamides is 1. The number of nitrogens with one attached hydrogen (secondary N) is 4. The van der Waals surface area contributed by atoms with E-state index in [0.717, 1.165) is 48.7 Å². The number of methoxy groups -OCH3 is 2. The minimum Gasteiger partial charge on any atom is -0.497 e. The molecule has 3 aromatic carbocycles. The molecule has 0 heterocycles. The highest BCUT2D eigenvalue weighted by Crippen LogP contribution is 2.33. The van der Waals surface area contributed by atoms with Crippen molar-refractivity contribution in [3.05, 3.63) is 59.2 Å². The van der Waals surface area contributed by atoms with Crippen molar-refractivity contribution in [3.63, 3.8) is 0 Å². The smallest absolute Gasteiger partial charge is 0.411 e. The molecule has 0 spiro atoms. The summed E-state index contributed by atoms with van der Waals surface area (Å²) in [6.07, 6.45) is -0.850. The van der Waals surface area contributed by atoms with Gasteiger partial charge in [-0.05, 0) is 102 Å². The van der Waals surface area contributed by atoms with Crippen LogP contribution in [0.1, 0.15) is 51.3 Å². The molecule has 0 fully saturated rings. The number of sulfone groups is 1. The molecule has 0 aliphatic heterocycles. The van der Waals surface area contributed by atoms with E-state index in [4.69, 9.17) is 19.5 Å². The number of nitrogens with zero attached hydrogens (tertiary/aromatic N) is 3. The highest BCUT2D eigenvalue weighted by Gasteiger charge is 2.24. The van der Waals surface area contributed by atoms with Gasteiger partial charge in [0.05, 0.1) is 37.4 Å². The van der Waals surface area contributed by atoms with Crippen LogP contribution in [0.15, 0.2) is 47.4 Å². The number of aryl methyl sites for hydroxylation is 3. The van der Waals surface area contributed by atoms with Crippen LogP contribution >= 0.6 is 0 Å². The fourth-order valence-corrected chi connectivity index (χ4v) is 7.55. The highest BCUT2D eigenvalue weighted by molar-refractivity contribution is 7.91. The molecule has 318 valence electrons. The van der Waals surface area contributed by atoms with Crippen molar-refractivity contribution in [2.75, 3.05) is 84.3 Å². The Balaban J connectivity index is 0.000000401. The molecule has 0 aliphatic carbocycles. The second-order valence-corrected chi connectivity index (χ2v) is 16.6. The number of nitriles is 1. The van der Waals surface area contributed by atoms with Crippen molar-refractivity contribution in [2.45, 2.75) is 60.3 Å². The number of amides is 4. The summed E-state index contributed by atoms with van der Waals surface area (Å²) in [4.78, 5) is 40.2. The molecule has 4 amide bonds. The largest absolute Gasteiger partial charge is 0.497 e. The van der Waals surface area contributed by atoms with Crippen molar-refractivity contribution in [2.24, 2.45) is 0 Å². The fraction of sp³-hybridized carbons (Fsp3) is 0.436. The lowest BCUT2D eigenvalue weighted by molar-refractivity contribution is -0.114. The van der Waals surface area contributed by atoms with Gasteiger partial charge in [-0.3, -0.25) is 10.1 Å². The molecule has 19 heteroatoms. The highest BCUT2D eigenvalue weighted by atomic mass is 32.2. The van der Waals surface area contributed by atoms with E-state index >= 15 is 0 Å². The summed E-state index contributed by atoms with van der Waals surface area (Å²) in [7, 11) is -4.99. The van der Waals surface area contributed by atoms with Crippen LogP contribution in [0.3, 0.4) is 0 Å². The molecular weight excluding hydrogens is 791 g/mol. The molecule has 0 bridgehead atoms. The number of anilines is 5. The maximum atomic E-state index is 12.8. The van der Waals surface area contributed by atoms with E-state index in [1.54, 1.807) is 25.1 Å². The SMILES string of the molecule is CCN(CC)c1cc(C)c(NC(=O)NS(=O)(=O)c2cc(OC)ccc2OC)c(C)c1.CCN(CC)c1cc(C)c(NC(=O)OCCS(=O)(=O)CC#N)c(NC(C)=O)c1. The molecule has 0 atom stereocenters. The first-order valence-electron chi connectivity index (χ1n) is 18.4. The van der Waals surface area contributed by atoms with E-state index in [0.29, 0.717) is 28.4 Å². The van der Waals surface area contributed by atoms with Crippen LogP contribution < -0.4 is 39.9 Å². The van der Waals surface area contributed by atoms with Crippen LogP contribution in [0.25, 0.3) is 0 Å². The number of carbonyl (C=O) groups is 3. The Kier molecular flexibility index (Phi) is 18.6. The first kappa shape index (κ1) is 48.4. The first-order chi connectivity index (χ1) is 27.3. The summed E-state index contributed by atoms with van der Waals surface area (Å²) in [5.74, 6) is -0.930. The third-order valence-corrected chi connectivity index (χ3v) is 11.4. The predicted octanol–water partition coefficient (Wildman–Crippen LogP) is 5.96. The average Bonchev–Trinajstić information content (AvgIpc) is 3.15. The summed E-state index contributed by atoms with van der Waals surface area (Å²) in [6, 6.07) is 12.6. The molecule has 0 saturated carbocycles. The Morgan fingerprint density at radius 3 is 1.76 bits per heavy atom. The average molecular weight is 846 g/mol. The molecule has 0 aliphatic rings. The van der Waals surface area contributed by atoms with Crippen molar-refractivity contribution in [1.29, 1.82) is 5.26 Å². The number of benzene rings is 3. The molecule has 58 heavy (non-hydrogen) atoms. The van der Waals surface area contributed by atoms with Crippen LogP contribution in [-0.2, 0) is 29.4 Å². The van der Waals surface area contributed by atoms with Crippen LogP contribution in [0.5, 0.6) is 11.5 Å². The summed E-state index contributed by atoms with van der Waals surface area (Å²) in [5.41, 5.74) is 5.69. The molecule has 17 nitrogen and oxygen atoms in total. The zero-order chi connectivity index (χ0) is 43.8. The molecule has 0 unspecified atom stereocenters. The maximum Gasteiger partial charge on any atom is 0.411 e. The molecule has 4 N–H and O–H groups in total. The predicted molar refractivity (Wildman–Crippen MR) is 227 cm³/mol. The van der Waals surface area contributed by atoms with E-state index < -0.39 is 43.5 Å². The van der Waals surface area contributed by atoms with Gasteiger partial charge in [0, 0.05) is 56.2 Å². The van der Waals surface area contributed by atoms with Crippen LogP contribution in [0, 0.1) is 32.1 Å². The number of rotatable bonds is 17. The molecule has 0 aromatic heterocycles. The number of carbonyl (C=O) groups excluding carboxylic acids is 3. The summed E-state index contributed by atoms with van der Waals surface area (Å²) in [6.45, 7) is 18.0. The van der Waals surface area contributed by atoms with Gasteiger partial charge in [-0.25, -0.2) is 31.1 Å². The van der Waals surface area contributed by atoms with Gasteiger partial charge in [0.2, 0.25) is 5.91 Å². The quantitative estimate of drug-likeness (QED) is 0.123. The van der Waals surface area contributed by atoms with E-state index in [-0.39, 0.29) is 23.2 Å². The minimum atomic E-state index is -4.19. The van der Waals surface area contributed by atoms with Gasteiger partial charge < -0.3 is 34.6 Å². The Morgan fingerprint density at radius 1 is 0.741 bits per heavy atom. The second kappa shape index (κ2) is 22.3. The number of urea groups is 1. The Labute approximate surface area is 342 Å². The van der Waals surface area contributed by atoms with Crippen molar-refractivity contribution in [1.82, 2.24) is 4.72 Å². The number of hydrogen-bond acceptors (Lipinski definition) is 13. The van der Waals surface area contributed by atoms with E-state index in [1.807, 2.05) is 50.6 Å². The Morgan fingerprint density at radius 2 is 1.28 bits per heavy atom. The van der Waals surface area contributed by atoms with Gasteiger partial charge in [-0.15, -0.1) is 0 Å². The van der Waals surface area contributed by atoms with Gasteiger partial charge in [0.1, 0.15) is 28.8 Å². The fourth-order valence-electron chi connectivity index (χ4n) is 5.78. The van der Waals surface area contributed by atoms with E-state index in [1.165, 1.54) is 33.3 Å². The van der Waals surface area contributed by atoms with Gasteiger partial charge in [-0.1, -0.05) is 0 Å². The molecule has 0 saturated heterocycles. The lowest BCUT2D eigenvalue weighted by Crippen LogP contribution is -2.35. The van der Waals surface area contributed by atoms with E-state index in [9.17, 15) is 31.2 Å². The monoisotopic (exact) mass is 845 g/mol. The van der Waals surface area contributed by atoms with Gasteiger partial charge in [0.25, 0.3) is 10.0 Å². The van der Waals surface area contributed by atoms with Crippen molar-refractivity contribution in [3.8, 4) is 17.6 Å². The summed E-state index contributed by atoms with van der Waals surface area (Å²) in [5, 5.41) is 16.3. The van der Waals surface area contributed by atoms with E-state index in [2.05, 4.69) is 39.6 Å². The standard InChI is InChI=1S/C21H29N3O5S.C18H26N4O5S/c1-7-24(8-2)16-11-14(3)20(15(4)12-16)22-21(25)23-30(26,27)19-13-17(28-5)9-10-18(19)29-6;1-5-22(6-2)15-11-13(3)17(16(12-15)20-14(4)23)21-18(24)27-8-10-28(25,26)9-7-19/h9-13H,7-8H2,1-6H3,(H2,22,23,25);11-12H,5-6,8-10H2,1-4H3,(H,20,23)(H,21,24). The van der Waals surface area contributed by atoms with Crippen molar-refractivity contribution < 1.29 is 45.4 Å². The first-order valence-corrected chi connectivity index (χ1v) is 21.7. The van der Waals surface area contributed by atoms with Crippen LogP contribution in [-0.4, -0.2) is 93.4 Å².